The highest BCUT2D eigenvalue weighted by atomic mass is 16.6. The third kappa shape index (κ3) is 42.3. The molecule has 0 aromatic carbocycles. The Balaban J connectivity index is 4.44. The molecule has 0 aromatic heterocycles. The van der Waals surface area contributed by atoms with Crippen LogP contribution in [0.4, 0.5) is 0 Å². The molecule has 0 bridgehead atoms. The van der Waals surface area contributed by atoms with Crippen LogP contribution >= 0.6 is 0 Å². The minimum atomic E-state index is -0.811. The molecular formula is C50H86O6. The average Bonchev–Trinajstić information content (AvgIpc) is 3.19. The number of hydrogen-bond acceptors (Lipinski definition) is 6. The van der Waals surface area contributed by atoms with Gasteiger partial charge in [-0.1, -0.05) is 197 Å². The molecule has 0 spiro atoms. The molecule has 6 heteroatoms. The first kappa shape index (κ1) is 53.1. The van der Waals surface area contributed by atoms with Gasteiger partial charge in [-0.05, 0) is 64.2 Å². The van der Waals surface area contributed by atoms with E-state index in [0.29, 0.717) is 19.3 Å². The van der Waals surface area contributed by atoms with Gasteiger partial charge in [0.25, 0.3) is 0 Å². The SMILES string of the molecule is CC/C=C\C/C=C\C/C=C\C/C=C\CCC(=O)OC(COC(=O)CCCCCCC/C=C\CCC)COC(=O)CCCCCCCCCCCCCCCCC. The van der Waals surface area contributed by atoms with E-state index in [0.717, 1.165) is 83.5 Å². The Bertz CT molecular complexity index is 1040. The van der Waals surface area contributed by atoms with Crippen LogP contribution in [0.3, 0.4) is 0 Å². The molecule has 56 heavy (non-hydrogen) atoms. The van der Waals surface area contributed by atoms with Crippen molar-refractivity contribution in [3.8, 4) is 0 Å². The van der Waals surface area contributed by atoms with Gasteiger partial charge in [-0.3, -0.25) is 14.4 Å². The third-order valence-electron chi connectivity index (χ3n) is 9.75. The molecule has 0 amide bonds. The fourth-order valence-corrected chi connectivity index (χ4v) is 6.28. The normalized spacial score (nSPS) is 12.6. The van der Waals surface area contributed by atoms with Gasteiger partial charge >= 0.3 is 17.9 Å². The molecule has 0 saturated heterocycles. The number of esters is 3. The van der Waals surface area contributed by atoms with Crippen molar-refractivity contribution in [1.82, 2.24) is 0 Å². The average molecular weight is 783 g/mol. The van der Waals surface area contributed by atoms with Crippen molar-refractivity contribution in [2.75, 3.05) is 13.2 Å². The molecule has 0 aromatic rings. The molecule has 0 aliphatic carbocycles. The minimum absolute atomic E-state index is 0.104. The monoisotopic (exact) mass is 783 g/mol. The summed E-state index contributed by atoms with van der Waals surface area (Å²) < 4.78 is 16.6. The molecule has 0 radical (unpaired) electrons. The maximum Gasteiger partial charge on any atom is 0.306 e. The van der Waals surface area contributed by atoms with Gasteiger partial charge in [-0.2, -0.15) is 0 Å². The molecule has 0 heterocycles. The lowest BCUT2D eigenvalue weighted by Gasteiger charge is -2.18. The van der Waals surface area contributed by atoms with Crippen molar-refractivity contribution in [1.29, 1.82) is 0 Å². The summed E-state index contributed by atoms with van der Waals surface area (Å²) in [5.74, 6) is -0.998. The highest BCUT2D eigenvalue weighted by Gasteiger charge is 2.19. The quantitative estimate of drug-likeness (QED) is 0.0266. The smallest absolute Gasteiger partial charge is 0.306 e. The second-order valence-electron chi connectivity index (χ2n) is 15.3. The Morgan fingerprint density at radius 1 is 0.375 bits per heavy atom. The number of carbonyl (C=O) groups is 3. The summed E-state index contributed by atoms with van der Waals surface area (Å²) in [6, 6.07) is 0. The molecule has 1 atom stereocenters. The second-order valence-corrected chi connectivity index (χ2v) is 15.3. The minimum Gasteiger partial charge on any atom is -0.462 e. The predicted octanol–water partition coefficient (Wildman–Crippen LogP) is 14.9. The van der Waals surface area contributed by atoms with E-state index in [1.165, 1.54) is 89.9 Å². The highest BCUT2D eigenvalue weighted by molar-refractivity contribution is 5.71. The van der Waals surface area contributed by atoms with E-state index in [-0.39, 0.29) is 31.6 Å². The first-order valence-electron chi connectivity index (χ1n) is 23.3. The fourth-order valence-electron chi connectivity index (χ4n) is 6.28. The first-order valence-corrected chi connectivity index (χ1v) is 23.3. The maximum absolute atomic E-state index is 12.7. The Morgan fingerprint density at radius 3 is 1.23 bits per heavy atom. The third-order valence-corrected chi connectivity index (χ3v) is 9.75. The zero-order chi connectivity index (χ0) is 40.8. The molecule has 1 unspecified atom stereocenters. The van der Waals surface area contributed by atoms with Gasteiger partial charge in [0.2, 0.25) is 0 Å². The van der Waals surface area contributed by atoms with Crippen LogP contribution in [-0.2, 0) is 28.6 Å². The van der Waals surface area contributed by atoms with E-state index in [9.17, 15) is 14.4 Å². The van der Waals surface area contributed by atoms with Crippen LogP contribution in [0.15, 0.2) is 60.8 Å². The summed E-state index contributed by atoms with van der Waals surface area (Å²) >= 11 is 0. The summed E-state index contributed by atoms with van der Waals surface area (Å²) in [4.78, 5) is 37.7. The zero-order valence-electron chi connectivity index (χ0n) is 36.6. The predicted molar refractivity (Wildman–Crippen MR) is 238 cm³/mol. The molecule has 0 rings (SSSR count). The van der Waals surface area contributed by atoms with Crippen LogP contribution < -0.4 is 0 Å². The van der Waals surface area contributed by atoms with Gasteiger partial charge in [0.15, 0.2) is 6.10 Å². The van der Waals surface area contributed by atoms with Crippen LogP contribution in [0.25, 0.3) is 0 Å². The van der Waals surface area contributed by atoms with E-state index in [4.69, 9.17) is 14.2 Å². The molecule has 0 saturated carbocycles. The molecule has 0 N–H and O–H groups in total. The molecule has 0 aliphatic heterocycles. The maximum atomic E-state index is 12.7. The summed E-state index contributed by atoms with van der Waals surface area (Å²) in [5.41, 5.74) is 0. The number of rotatable bonds is 41. The number of unbranched alkanes of at least 4 members (excludes halogenated alkanes) is 20. The van der Waals surface area contributed by atoms with Crippen LogP contribution in [-0.4, -0.2) is 37.2 Å². The van der Waals surface area contributed by atoms with Crippen molar-refractivity contribution < 1.29 is 28.6 Å². The van der Waals surface area contributed by atoms with E-state index in [2.05, 4.69) is 69.4 Å². The van der Waals surface area contributed by atoms with Gasteiger partial charge in [0, 0.05) is 19.3 Å². The van der Waals surface area contributed by atoms with Crippen molar-refractivity contribution in [2.24, 2.45) is 0 Å². The van der Waals surface area contributed by atoms with Gasteiger partial charge < -0.3 is 14.2 Å². The van der Waals surface area contributed by atoms with Crippen LogP contribution in [0, 0.1) is 0 Å². The summed E-state index contributed by atoms with van der Waals surface area (Å²) in [6.07, 6.45) is 53.6. The van der Waals surface area contributed by atoms with E-state index in [1.807, 2.05) is 12.2 Å². The largest absolute Gasteiger partial charge is 0.462 e. The number of carbonyl (C=O) groups excluding carboxylic acids is 3. The molecule has 0 aliphatic rings. The summed E-state index contributed by atoms with van der Waals surface area (Å²) in [6.45, 7) is 6.38. The van der Waals surface area contributed by atoms with Crippen molar-refractivity contribution in [2.45, 2.75) is 226 Å². The number of hydrogen-bond donors (Lipinski definition) is 0. The lowest BCUT2D eigenvalue weighted by molar-refractivity contribution is -0.166. The van der Waals surface area contributed by atoms with E-state index in [1.54, 1.807) is 0 Å². The van der Waals surface area contributed by atoms with Gasteiger partial charge in [-0.15, -0.1) is 0 Å². The highest BCUT2D eigenvalue weighted by Crippen LogP contribution is 2.15. The van der Waals surface area contributed by atoms with Crippen LogP contribution in [0.1, 0.15) is 220 Å². The Morgan fingerprint density at radius 2 is 0.768 bits per heavy atom. The molecular weight excluding hydrogens is 697 g/mol. The fraction of sp³-hybridized carbons (Fsp3) is 0.740. The zero-order valence-corrected chi connectivity index (χ0v) is 36.6. The van der Waals surface area contributed by atoms with E-state index >= 15 is 0 Å². The van der Waals surface area contributed by atoms with Gasteiger partial charge in [0.05, 0.1) is 0 Å². The standard InChI is InChI=1S/C50H86O6/c1-4-7-10-13-16-19-22-24-25-27-28-31-34-37-40-43-49(52)55-46-47(45-54-48(51)42-39-36-33-30-21-18-15-12-9-6-3)56-50(53)44-41-38-35-32-29-26-23-20-17-14-11-8-5-2/h8,11-12,15,17,20,26,29,35,38,47H,4-7,9-10,13-14,16,18-19,21-25,27-28,30-34,36-37,39-46H2,1-3H3/b11-8-,15-12-,20-17-,29-26-,38-35-. The topological polar surface area (TPSA) is 78.9 Å². The molecule has 322 valence electrons. The Hall–Kier alpha value is -2.89. The second kappa shape index (κ2) is 44.8. The lowest BCUT2D eigenvalue weighted by atomic mass is 10.0. The Labute approximate surface area is 345 Å². The van der Waals surface area contributed by atoms with Gasteiger partial charge in [0.1, 0.15) is 13.2 Å². The van der Waals surface area contributed by atoms with Crippen LogP contribution in [0.5, 0.6) is 0 Å². The first-order chi connectivity index (χ1) is 27.5. The Kier molecular flexibility index (Phi) is 42.5. The van der Waals surface area contributed by atoms with Crippen molar-refractivity contribution in [3.63, 3.8) is 0 Å². The summed E-state index contributed by atoms with van der Waals surface area (Å²) in [7, 11) is 0. The van der Waals surface area contributed by atoms with E-state index < -0.39 is 12.1 Å². The van der Waals surface area contributed by atoms with Crippen molar-refractivity contribution in [3.05, 3.63) is 60.8 Å². The summed E-state index contributed by atoms with van der Waals surface area (Å²) in [5, 5.41) is 0. The lowest BCUT2D eigenvalue weighted by Crippen LogP contribution is -2.30. The van der Waals surface area contributed by atoms with Crippen molar-refractivity contribution >= 4 is 17.9 Å². The number of allylic oxidation sites excluding steroid dienone is 10. The molecule has 0 fully saturated rings. The van der Waals surface area contributed by atoms with Gasteiger partial charge in [-0.25, -0.2) is 0 Å². The number of ether oxygens (including phenoxy) is 3. The van der Waals surface area contributed by atoms with Crippen LogP contribution in [0.2, 0.25) is 0 Å². The molecule has 6 nitrogen and oxygen atoms in total.